The average Bonchev–Trinajstić information content (AvgIpc) is 3.72. The Morgan fingerprint density at radius 3 is 2.57 bits per heavy atom. The van der Waals surface area contributed by atoms with Crippen LogP contribution in [-0.4, -0.2) is 130 Å². The number of tetrazole rings is 1. The number of β-lactam (4-membered cyclic amide) rings is 1. The predicted molar refractivity (Wildman–Crippen MR) is 190 cm³/mol. The van der Waals surface area contributed by atoms with E-state index in [-0.39, 0.29) is 60.2 Å². The zero-order chi connectivity index (χ0) is 38.9. The zero-order valence-electron chi connectivity index (χ0n) is 29.8. The smallest absolute Gasteiger partial charge is 0.407 e. The molecule has 0 aliphatic carbocycles. The van der Waals surface area contributed by atoms with Crippen molar-refractivity contribution in [3.05, 3.63) is 17.1 Å². The Bertz CT molecular complexity index is 1730. The number of alkyl carbamates (subject to hydrolysis) is 1. The van der Waals surface area contributed by atoms with E-state index in [2.05, 4.69) is 40.7 Å². The van der Waals surface area contributed by atoms with Crippen LogP contribution in [0.4, 0.5) is 9.93 Å². The van der Waals surface area contributed by atoms with Crippen molar-refractivity contribution in [2.45, 2.75) is 76.7 Å². The Morgan fingerprint density at radius 2 is 1.91 bits per heavy atom. The first-order valence-corrected chi connectivity index (χ1v) is 18.9. The number of amides is 3. The molecule has 5 N–H and O–H groups in total. The summed E-state index contributed by atoms with van der Waals surface area (Å²) in [7, 11) is 0. The Labute approximate surface area is 316 Å². The molecule has 2 aromatic rings. The molecule has 0 bridgehead atoms. The standard InChI is InChI=1S/C29H41N11O10S3/c1-28(2,3)24(45)48-14-47-23(44)18-15(13-52-26-34-37-38-39(26)9-10-41)12-51-22-17(21(43)40(18)22)32-20(42)16(19-33-25(30)53-36-19)35-49-11-7-8-31-27(46)50-29(4,5)6/h17,22,41H,7-14H2,1-6H3,(H,31,46)(H,32,42)(H2,30,33,36)/b35-16+. The summed E-state index contributed by atoms with van der Waals surface area (Å²) >= 11 is 3.29. The normalized spacial score (nSPS) is 17.5. The van der Waals surface area contributed by atoms with Crippen molar-refractivity contribution < 1.29 is 48.1 Å². The van der Waals surface area contributed by atoms with Crippen LogP contribution in [0.1, 0.15) is 53.8 Å². The number of carbonyl (C=O) groups excluding carboxylic acids is 5. The molecule has 2 unspecified atom stereocenters. The fourth-order valence-electron chi connectivity index (χ4n) is 4.37. The molecule has 1 saturated heterocycles. The van der Waals surface area contributed by atoms with E-state index in [4.69, 9.17) is 24.8 Å². The van der Waals surface area contributed by atoms with Crippen molar-refractivity contribution >= 4 is 75.7 Å². The number of nitrogens with one attached hydrogen (secondary N) is 2. The number of ether oxygens (including phenoxy) is 3. The van der Waals surface area contributed by atoms with Crippen molar-refractivity contribution in [3.8, 4) is 0 Å². The van der Waals surface area contributed by atoms with Gasteiger partial charge < -0.3 is 40.5 Å². The van der Waals surface area contributed by atoms with Gasteiger partial charge in [0.15, 0.2) is 5.13 Å². The fourth-order valence-corrected chi connectivity index (χ4v) is 7.19. The largest absolute Gasteiger partial charge is 0.444 e. The molecule has 0 radical (unpaired) electrons. The van der Waals surface area contributed by atoms with Gasteiger partial charge in [-0.25, -0.2) is 14.3 Å². The molecule has 4 heterocycles. The van der Waals surface area contributed by atoms with Crippen LogP contribution in [0.2, 0.25) is 0 Å². The van der Waals surface area contributed by atoms with Gasteiger partial charge in [-0.15, -0.1) is 16.9 Å². The second-order valence-electron chi connectivity index (χ2n) is 13.3. The SMILES string of the molecule is CC(C)(C)OC(=O)NCCCO/N=C(/C(=O)NC1C(=O)N2C(C(=O)OCOC(=O)C(C)(C)C)=C(CSc3nnnn3CCO)CSC12)c1nsc(N)n1. The number of rotatable bonds is 16. The molecule has 1 fully saturated rings. The highest BCUT2D eigenvalue weighted by molar-refractivity contribution is 8.01. The number of aliphatic hydroxyl groups is 1. The number of hydrogen-bond donors (Lipinski definition) is 4. The summed E-state index contributed by atoms with van der Waals surface area (Å²) in [5.74, 6) is -2.70. The van der Waals surface area contributed by atoms with Crippen LogP contribution in [0.15, 0.2) is 21.6 Å². The summed E-state index contributed by atoms with van der Waals surface area (Å²) in [6, 6.07) is -1.10. The van der Waals surface area contributed by atoms with Crippen LogP contribution in [0.25, 0.3) is 0 Å². The topological polar surface area (TPSA) is 278 Å². The van der Waals surface area contributed by atoms with Crippen LogP contribution < -0.4 is 16.4 Å². The maximum atomic E-state index is 13.6. The number of nitrogen functional groups attached to an aromatic ring is 1. The van der Waals surface area contributed by atoms with Crippen LogP contribution in [0.3, 0.4) is 0 Å². The second kappa shape index (κ2) is 18.0. The van der Waals surface area contributed by atoms with Gasteiger partial charge in [-0.3, -0.25) is 19.3 Å². The Balaban J connectivity index is 1.46. The van der Waals surface area contributed by atoms with Crippen LogP contribution >= 0.6 is 35.1 Å². The molecule has 4 rings (SSSR count). The van der Waals surface area contributed by atoms with E-state index in [9.17, 15) is 29.1 Å². The molecule has 2 atom stereocenters. The summed E-state index contributed by atoms with van der Waals surface area (Å²) in [5.41, 5.74) is 4.32. The van der Waals surface area contributed by atoms with Gasteiger partial charge in [-0.1, -0.05) is 16.9 Å². The number of oxime groups is 1. The number of aliphatic hydroxyl groups excluding tert-OH is 1. The lowest BCUT2D eigenvalue weighted by molar-refractivity contribution is -0.173. The summed E-state index contributed by atoms with van der Waals surface area (Å²) in [4.78, 5) is 75.3. The number of aromatic nitrogens is 6. The second-order valence-corrected chi connectivity index (χ2v) is 16.1. The number of nitrogens with zero attached hydrogens (tertiary/aromatic N) is 8. The number of hydrogen-bond acceptors (Lipinski definition) is 20. The van der Waals surface area contributed by atoms with Crippen LogP contribution in [-0.2, 0) is 44.8 Å². The van der Waals surface area contributed by atoms with E-state index in [0.717, 1.165) is 11.5 Å². The van der Waals surface area contributed by atoms with Gasteiger partial charge in [0.2, 0.25) is 23.5 Å². The molecule has 290 valence electrons. The molecule has 21 nitrogen and oxygen atoms in total. The number of thioether (sulfide) groups is 2. The van der Waals surface area contributed by atoms with E-state index in [0.29, 0.717) is 17.2 Å². The van der Waals surface area contributed by atoms with Crippen molar-refractivity contribution in [1.29, 1.82) is 0 Å². The summed E-state index contributed by atoms with van der Waals surface area (Å²) in [5, 5.41) is 29.5. The minimum atomic E-state index is -1.10. The highest BCUT2D eigenvalue weighted by Crippen LogP contribution is 2.42. The molecule has 24 heteroatoms. The number of carbonyl (C=O) groups is 5. The van der Waals surface area contributed by atoms with Crippen LogP contribution in [0.5, 0.6) is 0 Å². The van der Waals surface area contributed by atoms with Crippen LogP contribution in [0, 0.1) is 5.41 Å². The van der Waals surface area contributed by atoms with E-state index in [1.165, 1.54) is 33.1 Å². The quantitative estimate of drug-likeness (QED) is 0.0337. The third-order valence-corrected chi connectivity index (χ3v) is 9.74. The Morgan fingerprint density at radius 1 is 1.15 bits per heavy atom. The van der Waals surface area contributed by atoms with E-state index >= 15 is 0 Å². The maximum absolute atomic E-state index is 13.6. The van der Waals surface area contributed by atoms with Gasteiger partial charge in [0.25, 0.3) is 11.8 Å². The number of nitrogens with two attached hydrogens (primary N) is 1. The van der Waals surface area contributed by atoms with Gasteiger partial charge in [0.05, 0.1) is 18.6 Å². The lowest BCUT2D eigenvalue weighted by Gasteiger charge is -2.49. The van der Waals surface area contributed by atoms with Gasteiger partial charge in [-0.05, 0) is 57.5 Å². The number of fused-ring (bicyclic) bond motifs is 1. The molecular formula is C29H41N11O10S3. The Hall–Kier alpha value is -4.55. The summed E-state index contributed by atoms with van der Waals surface area (Å²) in [6.07, 6.45) is -0.277. The summed E-state index contributed by atoms with van der Waals surface area (Å²) < 4.78 is 21.0. The minimum Gasteiger partial charge on any atom is -0.444 e. The Kier molecular flexibility index (Phi) is 14.0. The van der Waals surface area contributed by atoms with Crippen molar-refractivity contribution in [2.24, 2.45) is 10.6 Å². The van der Waals surface area contributed by atoms with Gasteiger partial charge >= 0.3 is 18.0 Å². The fraction of sp³-hybridized carbons (Fsp3) is 0.621. The monoisotopic (exact) mass is 799 g/mol. The molecule has 53 heavy (non-hydrogen) atoms. The molecule has 0 aromatic carbocycles. The molecule has 3 amide bonds. The first-order chi connectivity index (χ1) is 25.0. The molecule has 2 aliphatic heterocycles. The third-order valence-electron chi connectivity index (χ3n) is 6.81. The zero-order valence-corrected chi connectivity index (χ0v) is 32.3. The number of esters is 2. The van der Waals surface area contributed by atoms with Crippen molar-refractivity contribution in [1.82, 2.24) is 45.1 Å². The van der Waals surface area contributed by atoms with E-state index < -0.39 is 59.1 Å². The molecule has 2 aliphatic rings. The van der Waals surface area contributed by atoms with E-state index in [1.807, 2.05) is 0 Å². The first kappa shape index (κ1) is 41.2. The van der Waals surface area contributed by atoms with Gasteiger partial charge in [0, 0.05) is 36.0 Å². The van der Waals surface area contributed by atoms with Gasteiger partial charge in [-0.2, -0.15) is 9.36 Å². The molecule has 0 saturated carbocycles. The molecule has 2 aromatic heterocycles. The maximum Gasteiger partial charge on any atom is 0.407 e. The highest BCUT2D eigenvalue weighted by Gasteiger charge is 2.55. The highest BCUT2D eigenvalue weighted by atomic mass is 32.2. The van der Waals surface area contributed by atoms with Gasteiger partial charge in [0.1, 0.15) is 29.3 Å². The minimum absolute atomic E-state index is 0.00466. The first-order valence-electron chi connectivity index (χ1n) is 16.1. The molecule has 0 spiro atoms. The average molecular weight is 800 g/mol. The molecular weight excluding hydrogens is 759 g/mol. The van der Waals surface area contributed by atoms with E-state index in [1.54, 1.807) is 41.5 Å². The summed E-state index contributed by atoms with van der Waals surface area (Å²) in [6.45, 7) is 9.61. The lowest BCUT2D eigenvalue weighted by atomic mass is 9.98. The number of anilines is 1. The van der Waals surface area contributed by atoms with Crippen molar-refractivity contribution in [3.63, 3.8) is 0 Å². The van der Waals surface area contributed by atoms with Crippen molar-refractivity contribution in [2.75, 3.05) is 43.8 Å². The third kappa shape index (κ3) is 11.2. The predicted octanol–water partition coefficient (Wildman–Crippen LogP) is 0.271. The lowest BCUT2D eigenvalue weighted by Crippen LogP contribution is -2.71.